The zero-order valence-corrected chi connectivity index (χ0v) is 12.8. The van der Waals surface area contributed by atoms with Crippen molar-refractivity contribution in [1.29, 1.82) is 0 Å². The van der Waals surface area contributed by atoms with Crippen molar-refractivity contribution in [2.24, 2.45) is 5.92 Å². The largest absolute Gasteiger partial charge is 0.326 e. The van der Waals surface area contributed by atoms with E-state index in [-0.39, 0.29) is 24.2 Å². The summed E-state index contributed by atoms with van der Waals surface area (Å²) in [5, 5.41) is 6.33. The van der Waals surface area contributed by atoms with Gasteiger partial charge in [0.05, 0.1) is 0 Å². The molecular formula is C15H25ClN2O. The van der Waals surface area contributed by atoms with Gasteiger partial charge in [-0.15, -0.1) is 12.4 Å². The summed E-state index contributed by atoms with van der Waals surface area (Å²) < 4.78 is 0. The molecule has 0 aromatic heterocycles. The number of nitrogens with one attached hydrogen (secondary N) is 2. The molecule has 1 aromatic carbocycles. The Bertz CT molecular complexity index is 378. The van der Waals surface area contributed by atoms with Crippen molar-refractivity contribution >= 4 is 24.0 Å². The topological polar surface area (TPSA) is 41.1 Å². The average Bonchev–Trinajstić information content (AvgIpc) is 2.39. The van der Waals surface area contributed by atoms with Crippen molar-refractivity contribution in [3.63, 3.8) is 0 Å². The van der Waals surface area contributed by atoms with Gasteiger partial charge in [0.2, 0.25) is 5.91 Å². The van der Waals surface area contributed by atoms with E-state index >= 15 is 0 Å². The highest BCUT2D eigenvalue weighted by Crippen LogP contribution is 2.17. The first-order valence-electron chi connectivity index (χ1n) is 6.82. The molecule has 0 saturated carbocycles. The molecule has 0 radical (unpaired) electrons. The second kappa shape index (κ2) is 9.82. The maximum Gasteiger partial charge on any atom is 0.227 e. The van der Waals surface area contributed by atoms with Crippen LogP contribution in [0.5, 0.6) is 0 Å². The summed E-state index contributed by atoms with van der Waals surface area (Å²) in [6, 6.07) is 7.97. The lowest BCUT2D eigenvalue weighted by Crippen LogP contribution is -2.23. The number of hydrogen-bond donors (Lipinski definition) is 2. The number of halogens is 1. The molecular weight excluding hydrogens is 260 g/mol. The lowest BCUT2D eigenvalue weighted by atomic mass is 10.0. The summed E-state index contributed by atoms with van der Waals surface area (Å²) >= 11 is 0. The standard InChI is InChI=1S/C15H24N2O.ClH/c1-4-12(5-2)15(18)17-14-10-8-7-9-13(14)11-16-6-3;/h7-10,12,16H,4-6,11H2,1-3H3,(H,17,18);1H. The Hall–Kier alpha value is -1.06. The molecule has 1 amide bonds. The van der Waals surface area contributed by atoms with E-state index in [0.717, 1.165) is 37.2 Å². The molecule has 4 heteroatoms. The Morgan fingerprint density at radius 3 is 2.37 bits per heavy atom. The molecule has 0 unspecified atom stereocenters. The molecule has 0 heterocycles. The Balaban J connectivity index is 0.00000324. The molecule has 0 fully saturated rings. The van der Waals surface area contributed by atoms with Gasteiger partial charge >= 0.3 is 0 Å². The normalized spacial score (nSPS) is 10.1. The van der Waals surface area contributed by atoms with Gasteiger partial charge in [-0.3, -0.25) is 4.79 Å². The van der Waals surface area contributed by atoms with Crippen molar-refractivity contribution in [1.82, 2.24) is 5.32 Å². The number of amides is 1. The summed E-state index contributed by atoms with van der Waals surface area (Å²) in [4.78, 5) is 12.1. The third-order valence-electron chi connectivity index (χ3n) is 3.20. The van der Waals surface area contributed by atoms with Crippen LogP contribution < -0.4 is 10.6 Å². The van der Waals surface area contributed by atoms with E-state index < -0.39 is 0 Å². The minimum atomic E-state index is 0. The lowest BCUT2D eigenvalue weighted by molar-refractivity contribution is -0.120. The molecule has 1 rings (SSSR count). The molecule has 0 bridgehead atoms. The van der Waals surface area contributed by atoms with Crippen LogP contribution in [-0.2, 0) is 11.3 Å². The highest BCUT2D eigenvalue weighted by Gasteiger charge is 2.15. The minimum absolute atomic E-state index is 0. The van der Waals surface area contributed by atoms with Crippen molar-refractivity contribution in [2.75, 3.05) is 11.9 Å². The summed E-state index contributed by atoms with van der Waals surface area (Å²) in [6.45, 7) is 7.90. The molecule has 0 saturated heterocycles. The molecule has 108 valence electrons. The van der Waals surface area contributed by atoms with Gasteiger partial charge in [-0.05, 0) is 31.0 Å². The first-order chi connectivity index (χ1) is 8.72. The van der Waals surface area contributed by atoms with E-state index in [1.165, 1.54) is 0 Å². The fourth-order valence-electron chi connectivity index (χ4n) is 1.95. The Kier molecular flexibility index (Phi) is 9.27. The van der Waals surface area contributed by atoms with E-state index in [1.54, 1.807) is 0 Å². The Morgan fingerprint density at radius 2 is 1.79 bits per heavy atom. The van der Waals surface area contributed by atoms with Crippen molar-refractivity contribution in [3.05, 3.63) is 29.8 Å². The smallest absolute Gasteiger partial charge is 0.227 e. The van der Waals surface area contributed by atoms with Crippen LogP contribution in [0, 0.1) is 5.92 Å². The summed E-state index contributed by atoms with van der Waals surface area (Å²) in [7, 11) is 0. The van der Waals surface area contributed by atoms with Crippen LogP contribution in [0.25, 0.3) is 0 Å². The van der Waals surface area contributed by atoms with Gasteiger partial charge in [0.15, 0.2) is 0 Å². The van der Waals surface area contributed by atoms with Gasteiger partial charge < -0.3 is 10.6 Å². The molecule has 0 atom stereocenters. The van der Waals surface area contributed by atoms with Crippen LogP contribution in [-0.4, -0.2) is 12.5 Å². The monoisotopic (exact) mass is 284 g/mol. The number of para-hydroxylation sites is 1. The van der Waals surface area contributed by atoms with Crippen LogP contribution in [0.4, 0.5) is 5.69 Å². The second-order valence-corrected chi connectivity index (χ2v) is 4.44. The first kappa shape index (κ1) is 17.9. The van der Waals surface area contributed by atoms with E-state index in [4.69, 9.17) is 0 Å². The number of benzene rings is 1. The van der Waals surface area contributed by atoms with Crippen LogP contribution >= 0.6 is 12.4 Å². The number of anilines is 1. The van der Waals surface area contributed by atoms with Gasteiger partial charge in [0, 0.05) is 18.2 Å². The van der Waals surface area contributed by atoms with Gasteiger partial charge in [-0.25, -0.2) is 0 Å². The van der Waals surface area contributed by atoms with Crippen molar-refractivity contribution < 1.29 is 4.79 Å². The quantitative estimate of drug-likeness (QED) is 0.803. The van der Waals surface area contributed by atoms with Gasteiger partial charge in [-0.2, -0.15) is 0 Å². The summed E-state index contributed by atoms with van der Waals surface area (Å²) in [5.74, 6) is 0.237. The maximum absolute atomic E-state index is 12.1. The summed E-state index contributed by atoms with van der Waals surface area (Å²) in [5.41, 5.74) is 2.06. The molecule has 19 heavy (non-hydrogen) atoms. The highest BCUT2D eigenvalue weighted by molar-refractivity contribution is 5.93. The first-order valence-corrected chi connectivity index (χ1v) is 6.82. The van der Waals surface area contributed by atoms with E-state index in [9.17, 15) is 4.79 Å². The van der Waals surface area contributed by atoms with Gasteiger partial charge in [-0.1, -0.05) is 39.0 Å². The molecule has 1 aromatic rings. The zero-order valence-electron chi connectivity index (χ0n) is 12.0. The number of carbonyl (C=O) groups is 1. The van der Waals surface area contributed by atoms with Crippen LogP contribution in [0.2, 0.25) is 0 Å². The highest BCUT2D eigenvalue weighted by atomic mass is 35.5. The van der Waals surface area contributed by atoms with Crippen LogP contribution in [0.1, 0.15) is 39.2 Å². The SMILES string of the molecule is CCNCc1ccccc1NC(=O)C(CC)CC.Cl. The molecule has 2 N–H and O–H groups in total. The third-order valence-corrected chi connectivity index (χ3v) is 3.20. The third kappa shape index (κ3) is 5.62. The summed E-state index contributed by atoms with van der Waals surface area (Å²) in [6.07, 6.45) is 1.77. The zero-order chi connectivity index (χ0) is 13.4. The fraction of sp³-hybridized carbons (Fsp3) is 0.533. The average molecular weight is 285 g/mol. The predicted molar refractivity (Wildman–Crippen MR) is 83.8 cm³/mol. The number of rotatable bonds is 7. The fourth-order valence-corrected chi connectivity index (χ4v) is 1.95. The molecule has 0 aliphatic heterocycles. The Labute approximate surface area is 122 Å². The number of hydrogen-bond acceptors (Lipinski definition) is 2. The molecule has 0 aliphatic rings. The van der Waals surface area contributed by atoms with E-state index in [0.29, 0.717) is 0 Å². The molecule has 0 spiro atoms. The predicted octanol–water partition coefficient (Wildman–Crippen LogP) is 3.59. The molecule has 0 aliphatic carbocycles. The minimum Gasteiger partial charge on any atom is -0.326 e. The van der Waals surface area contributed by atoms with Crippen molar-refractivity contribution in [3.8, 4) is 0 Å². The van der Waals surface area contributed by atoms with Crippen LogP contribution in [0.15, 0.2) is 24.3 Å². The number of carbonyl (C=O) groups excluding carboxylic acids is 1. The van der Waals surface area contributed by atoms with E-state index in [1.807, 2.05) is 24.3 Å². The lowest BCUT2D eigenvalue weighted by Gasteiger charge is -2.15. The second-order valence-electron chi connectivity index (χ2n) is 4.44. The van der Waals surface area contributed by atoms with Crippen molar-refractivity contribution in [2.45, 2.75) is 40.2 Å². The molecule has 3 nitrogen and oxygen atoms in total. The van der Waals surface area contributed by atoms with E-state index in [2.05, 4.69) is 31.4 Å². The van der Waals surface area contributed by atoms with Crippen LogP contribution in [0.3, 0.4) is 0 Å². The van der Waals surface area contributed by atoms with Gasteiger partial charge in [0.25, 0.3) is 0 Å². The Morgan fingerprint density at radius 1 is 1.16 bits per heavy atom. The van der Waals surface area contributed by atoms with Gasteiger partial charge in [0.1, 0.15) is 0 Å². The maximum atomic E-state index is 12.1.